The molecule has 0 unspecified atom stereocenters. The van der Waals surface area contributed by atoms with Crippen LogP contribution < -0.4 is 10.0 Å². The summed E-state index contributed by atoms with van der Waals surface area (Å²) in [7, 11) is -0.757. The fraction of sp³-hybridized carbons (Fsp3) is 0.385. The highest BCUT2D eigenvalue weighted by molar-refractivity contribution is 7.92. The van der Waals surface area contributed by atoms with Crippen LogP contribution in [0.25, 0.3) is 0 Å². The van der Waals surface area contributed by atoms with Gasteiger partial charge in [-0.2, -0.15) is 0 Å². The van der Waals surface area contributed by atoms with Gasteiger partial charge in [0.05, 0.1) is 18.6 Å². The van der Waals surface area contributed by atoms with Gasteiger partial charge in [-0.1, -0.05) is 12.2 Å². The maximum absolute atomic E-state index is 12.1. The molecule has 2 N–H and O–H groups in total. The number of rotatable bonds is 7. The smallest absolute Gasteiger partial charge is 0.305 e. The van der Waals surface area contributed by atoms with Crippen LogP contribution in [0.4, 0.5) is 5.69 Å². The lowest BCUT2D eigenvalue weighted by Gasteiger charge is -2.19. The van der Waals surface area contributed by atoms with E-state index in [2.05, 4.69) is 4.74 Å². The van der Waals surface area contributed by atoms with Gasteiger partial charge in [0.25, 0.3) is 0 Å². The molecule has 116 valence electrons. The van der Waals surface area contributed by atoms with Crippen LogP contribution in [0.5, 0.6) is 0 Å². The second kappa shape index (κ2) is 7.37. The molecule has 8 heteroatoms. The monoisotopic (exact) mass is 330 g/mol. The largest absolute Gasteiger partial charge is 0.469 e. The Kier molecular flexibility index (Phi) is 6.10. The molecule has 6 nitrogen and oxygen atoms in total. The Morgan fingerprint density at radius 3 is 2.38 bits per heavy atom. The maximum Gasteiger partial charge on any atom is 0.305 e. The van der Waals surface area contributed by atoms with Crippen molar-refractivity contribution in [1.29, 1.82) is 0 Å². The van der Waals surface area contributed by atoms with Crippen LogP contribution in [0.1, 0.15) is 18.4 Å². The van der Waals surface area contributed by atoms with Crippen LogP contribution in [0.15, 0.2) is 24.3 Å². The summed E-state index contributed by atoms with van der Waals surface area (Å²) in [6, 6.07) is 6.59. The normalized spacial score (nSPS) is 11.0. The molecule has 1 aromatic carbocycles. The van der Waals surface area contributed by atoms with E-state index in [1.165, 1.54) is 18.5 Å². The third-order valence-electron chi connectivity index (χ3n) is 2.94. The highest BCUT2D eigenvalue weighted by Crippen LogP contribution is 2.18. The summed E-state index contributed by atoms with van der Waals surface area (Å²) in [6.07, 6.45) is 0.286. The average Bonchev–Trinajstić information content (AvgIpc) is 2.46. The van der Waals surface area contributed by atoms with Crippen molar-refractivity contribution in [1.82, 2.24) is 0 Å². The molecule has 0 saturated carbocycles. The molecule has 0 heterocycles. The number of hydrogen-bond acceptors (Lipinski definition) is 5. The predicted molar refractivity (Wildman–Crippen MR) is 85.8 cm³/mol. The van der Waals surface area contributed by atoms with Crippen molar-refractivity contribution in [3.63, 3.8) is 0 Å². The van der Waals surface area contributed by atoms with Gasteiger partial charge in [0.15, 0.2) is 0 Å². The Balaban J connectivity index is 2.74. The first kappa shape index (κ1) is 17.4. The zero-order chi connectivity index (χ0) is 16.0. The molecule has 0 aromatic heterocycles. The summed E-state index contributed by atoms with van der Waals surface area (Å²) < 4.78 is 29.9. The van der Waals surface area contributed by atoms with E-state index in [9.17, 15) is 13.2 Å². The summed E-state index contributed by atoms with van der Waals surface area (Å²) in [5.41, 5.74) is 6.67. The van der Waals surface area contributed by atoms with Crippen LogP contribution in [0.2, 0.25) is 0 Å². The lowest BCUT2D eigenvalue weighted by Crippen LogP contribution is -2.29. The van der Waals surface area contributed by atoms with Crippen molar-refractivity contribution < 1.29 is 17.9 Å². The molecule has 0 atom stereocenters. The molecule has 0 amide bonds. The molecule has 21 heavy (non-hydrogen) atoms. The van der Waals surface area contributed by atoms with Gasteiger partial charge in [0.1, 0.15) is 4.99 Å². The third-order valence-corrected chi connectivity index (χ3v) is 5.03. The molecule has 0 radical (unpaired) electrons. The molecule has 1 rings (SSSR count). The van der Waals surface area contributed by atoms with Crippen molar-refractivity contribution in [2.75, 3.05) is 24.2 Å². The van der Waals surface area contributed by atoms with Crippen LogP contribution in [0.3, 0.4) is 0 Å². The topological polar surface area (TPSA) is 89.7 Å². The Hall–Kier alpha value is -1.67. The van der Waals surface area contributed by atoms with Gasteiger partial charge >= 0.3 is 5.97 Å². The molecule has 0 aliphatic carbocycles. The number of thiocarbonyl (C=S) groups is 1. The van der Waals surface area contributed by atoms with Gasteiger partial charge in [0, 0.05) is 19.0 Å². The summed E-state index contributed by atoms with van der Waals surface area (Å²) in [5.74, 6) is -0.552. The second-order valence-corrected chi connectivity index (χ2v) is 6.93. The molecule has 0 saturated heterocycles. The van der Waals surface area contributed by atoms with Crippen LogP contribution >= 0.6 is 12.2 Å². The molecule has 0 fully saturated rings. The quantitative estimate of drug-likeness (QED) is 0.593. The molecule has 0 spiro atoms. The maximum atomic E-state index is 12.1. The summed E-state index contributed by atoms with van der Waals surface area (Å²) in [5, 5.41) is 0. The number of ether oxygens (including phenoxy) is 1. The number of nitrogens with zero attached hydrogens (tertiary/aromatic N) is 1. The van der Waals surface area contributed by atoms with Crippen molar-refractivity contribution in [2.24, 2.45) is 5.73 Å². The second-order valence-electron chi connectivity index (χ2n) is 4.37. The molecule has 0 bridgehead atoms. The van der Waals surface area contributed by atoms with E-state index >= 15 is 0 Å². The standard InChI is InChI=1S/C13H18N2O4S2/c1-15(11-7-5-10(6-8-11)13(14)20)21(17,18)9-3-4-12(16)19-2/h5-8H,3-4,9H2,1-2H3,(H2,14,20). The van der Waals surface area contributed by atoms with Gasteiger partial charge < -0.3 is 10.5 Å². The van der Waals surface area contributed by atoms with E-state index in [0.29, 0.717) is 11.3 Å². The van der Waals surface area contributed by atoms with E-state index in [-0.39, 0.29) is 23.6 Å². The number of carbonyl (C=O) groups is 1. The van der Waals surface area contributed by atoms with E-state index in [1.54, 1.807) is 24.3 Å². The van der Waals surface area contributed by atoms with Gasteiger partial charge in [-0.05, 0) is 30.7 Å². The number of sulfonamides is 1. The minimum absolute atomic E-state index is 0.0734. The Labute approximate surface area is 129 Å². The van der Waals surface area contributed by atoms with E-state index < -0.39 is 16.0 Å². The Morgan fingerprint density at radius 2 is 1.90 bits per heavy atom. The first-order chi connectivity index (χ1) is 9.77. The van der Waals surface area contributed by atoms with Crippen molar-refractivity contribution in [3.8, 4) is 0 Å². The van der Waals surface area contributed by atoms with Gasteiger partial charge in [-0.3, -0.25) is 9.10 Å². The fourth-order valence-electron chi connectivity index (χ4n) is 1.63. The molecule has 0 aliphatic heterocycles. The number of anilines is 1. The summed E-state index contributed by atoms with van der Waals surface area (Å²) in [4.78, 5) is 11.2. The molecule has 1 aromatic rings. The van der Waals surface area contributed by atoms with Crippen molar-refractivity contribution >= 4 is 38.9 Å². The van der Waals surface area contributed by atoms with Gasteiger partial charge in [-0.15, -0.1) is 0 Å². The highest BCUT2D eigenvalue weighted by atomic mass is 32.2. The minimum Gasteiger partial charge on any atom is -0.469 e. The lowest BCUT2D eigenvalue weighted by molar-refractivity contribution is -0.140. The number of benzene rings is 1. The number of hydrogen-bond donors (Lipinski definition) is 1. The number of carbonyl (C=O) groups excluding carboxylic acids is 1. The number of nitrogens with two attached hydrogens (primary N) is 1. The molecular formula is C13H18N2O4S2. The third kappa shape index (κ3) is 4.98. The first-order valence-corrected chi connectivity index (χ1v) is 8.23. The van der Waals surface area contributed by atoms with E-state index in [4.69, 9.17) is 18.0 Å². The average molecular weight is 330 g/mol. The van der Waals surface area contributed by atoms with Gasteiger partial charge in [-0.25, -0.2) is 8.42 Å². The summed E-state index contributed by atoms with van der Waals surface area (Å²) in [6.45, 7) is 0. The SMILES string of the molecule is COC(=O)CCCS(=O)(=O)N(C)c1ccc(C(N)=S)cc1. The molecule has 0 aliphatic rings. The van der Waals surface area contributed by atoms with Crippen LogP contribution in [0, 0.1) is 0 Å². The van der Waals surface area contributed by atoms with Crippen LogP contribution in [-0.4, -0.2) is 39.3 Å². The fourth-order valence-corrected chi connectivity index (χ4v) is 3.00. The Morgan fingerprint density at radius 1 is 1.33 bits per heavy atom. The number of methoxy groups -OCH3 is 1. The van der Waals surface area contributed by atoms with E-state index in [0.717, 1.165) is 0 Å². The minimum atomic E-state index is -3.49. The van der Waals surface area contributed by atoms with Crippen molar-refractivity contribution in [2.45, 2.75) is 12.8 Å². The zero-order valence-electron chi connectivity index (χ0n) is 11.9. The van der Waals surface area contributed by atoms with E-state index in [1.807, 2.05) is 0 Å². The first-order valence-electron chi connectivity index (χ1n) is 6.21. The highest BCUT2D eigenvalue weighted by Gasteiger charge is 2.18. The van der Waals surface area contributed by atoms with Crippen LogP contribution in [-0.2, 0) is 19.6 Å². The zero-order valence-corrected chi connectivity index (χ0v) is 13.5. The predicted octanol–water partition coefficient (Wildman–Crippen LogP) is 1.04. The van der Waals surface area contributed by atoms with Crippen molar-refractivity contribution in [3.05, 3.63) is 29.8 Å². The Bertz CT molecular complexity index is 612. The summed E-state index contributed by atoms with van der Waals surface area (Å²) >= 11 is 4.84. The molecular weight excluding hydrogens is 312 g/mol. The lowest BCUT2D eigenvalue weighted by atomic mass is 10.2. The van der Waals surface area contributed by atoms with Gasteiger partial charge in [0.2, 0.25) is 10.0 Å². The number of esters is 1.